The van der Waals surface area contributed by atoms with Crippen LogP contribution in [0.1, 0.15) is 26.4 Å². The molecule has 0 bridgehead atoms. The zero-order valence-corrected chi connectivity index (χ0v) is 23.5. The number of aromatic amines is 1. The second-order valence-corrected chi connectivity index (χ2v) is 9.68. The SMILES string of the molecule is COc1ccc(C(=O)Oc2ccc(C=NNC(=O)c3[nH]c4c(ccc5ccccc54)c3-c3ccccc3)cc2OC)cc1. The number of hydrogen-bond acceptors (Lipinski definition) is 6. The van der Waals surface area contributed by atoms with Gasteiger partial charge in [-0.2, -0.15) is 5.10 Å². The van der Waals surface area contributed by atoms with Crippen molar-refractivity contribution < 1.29 is 23.8 Å². The second kappa shape index (κ2) is 11.9. The van der Waals surface area contributed by atoms with Crippen molar-refractivity contribution in [3.05, 3.63) is 126 Å². The van der Waals surface area contributed by atoms with Crippen LogP contribution in [0.5, 0.6) is 17.2 Å². The Kier molecular flexibility index (Phi) is 7.56. The van der Waals surface area contributed by atoms with Crippen LogP contribution in [0.3, 0.4) is 0 Å². The maximum absolute atomic E-state index is 13.5. The van der Waals surface area contributed by atoms with Crippen LogP contribution < -0.4 is 19.6 Å². The van der Waals surface area contributed by atoms with Gasteiger partial charge in [0.25, 0.3) is 5.91 Å². The van der Waals surface area contributed by atoms with E-state index in [0.29, 0.717) is 28.3 Å². The Balaban J connectivity index is 1.24. The summed E-state index contributed by atoms with van der Waals surface area (Å²) < 4.78 is 16.1. The zero-order valence-electron chi connectivity index (χ0n) is 23.5. The summed E-state index contributed by atoms with van der Waals surface area (Å²) in [5, 5.41) is 7.25. The first-order valence-electron chi connectivity index (χ1n) is 13.5. The van der Waals surface area contributed by atoms with Crippen LogP contribution in [0.2, 0.25) is 0 Å². The van der Waals surface area contributed by atoms with Gasteiger partial charge in [0.05, 0.1) is 31.5 Å². The highest BCUT2D eigenvalue weighted by molar-refractivity contribution is 6.16. The number of carbonyl (C=O) groups excluding carboxylic acids is 2. The summed E-state index contributed by atoms with van der Waals surface area (Å²) in [6.45, 7) is 0. The molecule has 0 atom stereocenters. The molecule has 0 aliphatic carbocycles. The van der Waals surface area contributed by atoms with E-state index in [0.717, 1.165) is 32.8 Å². The zero-order chi connectivity index (χ0) is 29.8. The fourth-order valence-electron chi connectivity index (χ4n) is 4.97. The minimum absolute atomic E-state index is 0.252. The van der Waals surface area contributed by atoms with Gasteiger partial charge >= 0.3 is 5.97 Å². The minimum Gasteiger partial charge on any atom is -0.497 e. The number of esters is 1. The van der Waals surface area contributed by atoms with Crippen molar-refractivity contribution in [2.45, 2.75) is 0 Å². The van der Waals surface area contributed by atoms with E-state index < -0.39 is 5.97 Å². The Hall–Kier alpha value is -5.89. The monoisotopic (exact) mass is 569 g/mol. The Labute approximate surface area is 247 Å². The number of amides is 1. The molecule has 1 aromatic heterocycles. The maximum atomic E-state index is 13.5. The Morgan fingerprint density at radius 2 is 1.53 bits per heavy atom. The number of nitrogens with zero attached hydrogens (tertiary/aromatic N) is 1. The summed E-state index contributed by atoms with van der Waals surface area (Å²) in [5.74, 6) is 0.315. The fraction of sp³-hybridized carbons (Fsp3) is 0.0571. The van der Waals surface area contributed by atoms with Gasteiger partial charge in [0.2, 0.25) is 0 Å². The Morgan fingerprint density at radius 1 is 0.767 bits per heavy atom. The van der Waals surface area contributed by atoms with Gasteiger partial charge in [0, 0.05) is 16.3 Å². The van der Waals surface area contributed by atoms with E-state index in [4.69, 9.17) is 14.2 Å². The van der Waals surface area contributed by atoms with Crippen molar-refractivity contribution in [3.63, 3.8) is 0 Å². The van der Waals surface area contributed by atoms with Crippen LogP contribution >= 0.6 is 0 Å². The average Bonchev–Trinajstić information content (AvgIpc) is 3.46. The number of rotatable bonds is 8. The lowest BCUT2D eigenvalue weighted by Crippen LogP contribution is -2.18. The summed E-state index contributed by atoms with van der Waals surface area (Å²) in [6, 6.07) is 33.5. The van der Waals surface area contributed by atoms with E-state index >= 15 is 0 Å². The first-order chi connectivity index (χ1) is 21.1. The van der Waals surface area contributed by atoms with Crippen LogP contribution in [0.15, 0.2) is 114 Å². The number of hydrazone groups is 1. The number of benzene rings is 5. The molecule has 0 fully saturated rings. The number of methoxy groups -OCH3 is 2. The molecule has 8 nitrogen and oxygen atoms in total. The molecule has 8 heteroatoms. The minimum atomic E-state index is -0.532. The summed E-state index contributed by atoms with van der Waals surface area (Å²) >= 11 is 0. The first kappa shape index (κ1) is 27.3. The third kappa shape index (κ3) is 5.54. The summed E-state index contributed by atoms with van der Waals surface area (Å²) in [7, 11) is 3.04. The molecule has 212 valence electrons. The quantitative estimate of drug-likeness (QED) is 0.0891. The summed E-state index contributed by atoms with van der Waals surface area (Å²) in [6.07, 6.45) is 1.50. The van der Waals surface area contributed by atoms with Crippen LogP contribution in [-0.4, -0.2) is 37.3 Å². The number of H-pyrrole nitrogens is 1. The highest BCUT2D eigenvalue weighted by Crippen LogP contribution is 2.36. The standard InChI is InChI=1S/C35H27N3O5/c1-41-26-16-13-25(14-17-26)35(40)43-29-19-12-22(20-30(29)42-2)21-36-38-34(39)33-31(24-9-4-3-5-10-24)28-18-15-23-8-6-7-11-27(23)32(28)37-33/h3-21,37H,1-2H3,(H,38,39). The van der Waals surface area contributed by atoms with Gasteiger partial charge in [-0.1, -0.05) is 66.7 Å². The highest BCUT2D eigenvalue weighted by atomic mass is 16.6. The number of nitrogens with one attached hydrogen (secondary N) is 2. The molecule has 0 unspecified atom stereocenters. The van der Waals surface area contributed by atoms with Crippen LogP contribution in [0.4, 0.5) is 0 Å². The number of carbonyl (C=O) groups is 2. The van der Waals surface area contributed by atoms with Crippen molar-refractivity contribution in [1.82, 2.24) is 10.4 Å². The molecule has 0 aliphatic heterocycles. The molecule has 0 saturated carbocycles. The molecule has 6 aromatic rings. The molecular formula is C35H27N3O5. The van der Waals surface area contributed by atoms with Crippen LogP contribution in [0.25, 0.3) is 32.8 Å². The largest absolute Gasteiger partial charge is 0.497 e. The van der Waals surface area contributed by atoms with E-state index in [1.807, 2.05) is 60.7 Å². The van der Waals surface area contributed by atoms with Gasteiger partial charge in [-0.05, 0) is 59.0 Å². The number of fused-ring (bicyclic) bond motifs is 3. The predicted octanol–water partition coefficient (Wildman–Crippen LogP) is 6.99. The lowest BCUT2D eigenvalue weighted by Gasteiger charge is -2.10. The third-order valence-electron chi connectivity index (χ3n) is 7.08. The molecule has 0 radical (unpaired) electrons. The van der Waals surface area contributed by atoms with E-state index in [1.165, 1.54) is 13.3 Å². The van der Waals surface area contributed by atoms with Crippen LogP contribution in [-0.2, 0) is 0 Å². The van der Waals surface area contributed by atoms with Crippen molar-refractivity contribution >= 4 is 39.8 Å². The van der Waals surface area contributed by atoms with Crippen molar-refractivity contribution in [2.75, 3.05) is 14.2 Å². The molecule has 0 aliphatic rings. The maximum Gasteiger partial charge on any atom is 0.343 e. The Morgan fingerprint density at radius 3 is 2.30 bits per heavy atom. The van der Waals surface area contributed by atoms with Crippen molar-refractivity contribution in [1.29, 1.82) is 0 Å². The molecule has 5 aromatic carbocycles. The predicted molar refractivity (Wildman–Crippen MR) is 167 cm³/mol. The van der Waals surface area contributed by atoms with Crippen LogP contribution in [0, 0.1) is 0 Å². The van der Waals surface area contributed by atoms with Gasteiger partial charge < -0.3 is 19.2 Å². The molecule has 2 N–H and O–H groups in total. The highest BCUT2D eigenvalue weighted by Gasteiger charge is 2.20. The van der Waals surface area contributed by atoms with Gasteiger partial charge in [-0.15, -0.1) is 0 Å². The van der Waals surface area contributed by atoms with Gasteiger partial charge in [0.1, 0.15) is 11.4 Å². The number of ether oxygens (including phenoxy) is 3. The number of hydrogen-bond donors (Lipinski definition) is 2. The van der Waals surface area contributed by atoms with Crippen molar-refractivity contribution in [3.8, 4) is 28.4 Å². The lowest BCUT2D eigenvalue weighted by atomic mass is 9.99. The number of aromatic nitrogens is 1. The first-order valence-corrected chi connectivity index (χ1v) is 13.5. The second-order valence-electron chi connectivity index (χ2n) is 9.68. The molecular weight excluding hydrogens is 542 g/mol. The van der Waals surface area contributed by atoms with E-state index in [2.05, 4.69) is 21.6 Å². The topological polar surface area (TPSA) is 102 Å². The fourth-order valence-corrected chi connectivity index (χ4v) is 4.97. The molecule has 0 spiro atoms. The normalized spacial score (nSPS) is 11.1. The van der Waals surface area contributed by atoms with E-state index in [9.17, 15) is 9.59 Å². The molecule has 6 rings (SSSR count). The van der Waals surface area contributed by atoms with E-state index in [-0.39, 0.29) is 11.7 Å². The molecule has 0 saturated heterocycles. The van der Waals surface area contributed by atoms with Crippen molar-refractivity contribution in [2.24, 2.45) is 5.10 Å². The summed E-state index contributed by atoms with van der Waals surface area (Å²) in [4.78, 5) is 29.4. The molecule has 43 heavy (non-hydrogen) atoms. The van der Waals surface area contributed by atoms with Gasteiger partial charge in [-0.25, -0.2) is 10.2 Å². The molecule has 1 heterocycles. The molecule has 1 amide bonds. The van der Waals surface area contributed by atoms with E-state index in [1.54, 1.807) is 49.6 Å². The summed E-state index contributed by atoms with van der Waals surface area (Å²) in [5.41, 5.74) is 6.67. The Bertz CT molecular complexity index is 1980. The lowest BCUT2D eigenvalue weighted by molar-refractivity contribution is 0.0729. The smallest absolute Gasteiger partial charge is 0.343 e. The van der Waals surface area contributed by atoms with Gasteiger partial charge in [0.15, 0.2) is 11.5 Å². The third-order valence-corrected chi connectivity index (χ3v) is 7.08. The average molecular weight is 570 g/mol. The van der Waals surface area contributed by atoms with Gasteiger partial charge in [-0.3, -0.25) is 4.79 Å².